The number of hydrogen-bond acceptors (Lipinski definition) is 3. The van der Waals surface area contributed by atoms with E-state index in [1.165, 1.54) is 12.1 Å². The summed E-state index contributed by atoms with van der Waals surface area (Å²) in [4.78, 5) is 28.4. The van der Waals surface area contributed by atoms with Crippen molar-refractivity contribution in [3.63, 3.8) is 0 Å². The molecular weight excluding hydrogens is 323 g/mol. The van der Waals surface area contributed by atoms with Gasteiger partial charge in [0.05, 0.1) is 17.6 Å². The quantitative estimate of drug-likeness (QED) is 0.758. The van der Waals surface area contributed by atoms with E-state index in [1.54, 1.807) is 12.5 Å². The Morgan fingerprint density at radius 2 is 2.20 bits per heavy atom. The zero-order chi connectivity index (χ0) is 17.8. The zero-order valence-corrected chi connectivity index (χ0v) is 14.0. The summed E-state index contributed by atoms with van der Waals surface area (Å²) in [6, 6.07) is 3.82. The molecule has 1 fully saturated rings. The number of imidazole rings is 1. The molecule has 0 aliphatic heterocycles. The summed E-state index contributed by atoms with van der Waals surface area (Å²) in [6.45, 7) is 3.18. The van der Waals surface area contributed by atoms with E-state index in [0.717, 1.165) is 25.5 Å². The van der Waals surface area contributed by atoms with E-state index in [-0.39, 0.29) is 17.4 Å². The molecule has 1 aromatic heterocycles. The molecule has 1 aliphatic rings. The van der Waals surface area contributed by atoms with Crippen molar-refractivity contribution in [2.75, 3.05) is 11.9 Å². The number of nitrogens with zero attached hydrogens (tertiary/aromatic N) is 2. The summed E-state index contributed by atoms with van der Waals surface area (Å²) in [6.07, 6.45) is 6.82. The van der Waals surface area contributed by atoms with Gasteiger partial charge in [-0.15, -0.1) is 0 Å². The van der Waals surface area contributed by atoms with Crippen molar-refractivity contribution in [1.29, 1.82) is 0 Å². The van der Waals surface area contributed by atoms with Crippen LogP contribution in [0.15, 0.2) is 36.9 Å². The van der Waals surface area contributed by atoms with Crippen LogP contribution in [-0.2, 0) is 11.3 Å². The van der Waals surface area contributed by atoms with E-state index < -0.39 is 11.7 Å². The lowest BCUT2D eigenvalue weighted by Crippen LogP contribution is -2.27. The van der Waals surface area contributed by atoms with Crippen molar-refractivity contribution >= 4 is 17.5 Å². The van der Waals surface area contributed by atoms with E-state index in [2.05, 4.69) is 15.6 Å². The third kappa shape index (κ3) is 4.43. The standard InChI is InChI=1S/C18H21FN4O2/c1-12-9-14(12)18(25)22-16-4-3-13(19)10-15(16)17(24)21-5-2-7-23-8-6-20-11-23/h3-4,6,8,10-12,14H,2,5,7,9H2,1H3,(H,21,24)(H,22,25). The number of carbonyl (C=O) groups excluding carboxylic acids is 2. The molecule has 7 heteroatoms. The number of anilines is 1. The molecule has 1 aliphatic carbocycles. The van der Waals surface area contributed by atoms with Gasteiger partial charge in [0.1, 0.15) is 5.82 Å². The summed E-state index contributed by atoms with van der Waals surface area (Å²) >= 11 is 0. The van der Waals surface area contributed by atoms with Crippen molar-refractivity contribution in [1.82, 2.24) is 14.9 Å². The summed E-state index contributed by atoms with van der Waals surface area (Å²) in [5.74, 6) is -0.684. The number of carbonyl (C=O) groups is 2. The number of benzene rings is 1. The van der Waals surface area contributed by atoms with E-state index in [9.17, 15) is 14.0 Å². The van der Waals surface area contributed by atoms with Gasteiger partial charge in [-0.05, 0) is 37.0 Å². The highest BCUT2D eigenvalue weighted by Gasteiger charge is 2.39. The number of hydrogen-bond donors (Lipinski definition) is 2. The SMILES string of the molecule is CC1CC1C(=O)Nc1ccc(F)cc1C(=O)NCCCn1ccnc1. The minimum atomic E-state index is -0.513. The summed E-state index contributed by atoms with van der Waals surface area (Å²) in [5, 5.41) is 5.51. The van der Waals surface area contributed by atoms with Gasteiger partial charge in [-0.3, -0.25) is 9.59 Å². The van der Waals surface area contributed by atoms with Crippen LogP contribution in [0.2, 0.25) is 0 Å². The monoisotopic (exact) mass is 344 g/mol. The Morgan fingerprint density at radius 3 is 2.88 bits per heavy atom. The molecule has 132 valence electrons. The molecule has 3 rings (SSSR count). The van der Waals surface area contributed by atoms with Crippen LogP contribution in [-0.4, -0.2) is 27.9 Å². The third-order valence-corrected chi connectivity index (χ3v) is 4.37. The number of aromatic nitrogens is 2. The Morgan fingerprint density at radius 1 is 1.40 bits per heavy atom. The van der Waals surface area contributed by atoms with E-state index in [1.807, 2.05) is 17.7 Å². The molecule has 0 radical (unpaired) electrons. The number of aryl methyl sites for hydroxylation is 1. The molecule has 0 bridgehead atoms. The first-order chi connectivity index (χ1) is 12.0. The second kappa shape index (κ2) is 7.46. The zero-order valence-electron chi connectivity index (χ0n) is 14.0. The maximum atomic E-state index is 13.5. The molecule has 0 saturated heterocycles. The van der Waals surface area contributed by atoms with Crippen LogP contribution in [0.4, 0.5) is 10.1 Å². The normalized spacial score (nSPS) is 18.6. The van der Waals surface area contributed by atoms with Crippen molar-refractivity contribution in [2.24, 2.45) is 11.8 Å². The van der Waals surface area contributed by atoms with Crippen molar-refractivity contribution < 1.29 is 14.0 Å². The van der Waals surface area contributed by atoms with Crippen LogP contribution in [0.5, 0.6) is 0 Å². The van der Waals surface area contributed by atoms with E-state index in [4.69, 9.17) is 0 Å². The Hall–Kier alpha value is -2.70. The molecule has 1 aromatic carbocycles. The van der Waals surface area contributed by atoms with Crippen LogP contribution < -0.4 is 10.6 Å². The highest BCUT2D eigenvalue weighted by molar-refractivity contribution is 6.04. The lowest BCUT2D eigenvalue weighted by atomic mass is 10.1. The van der Waals surface area contributed by atoms with Gasteiger partial charge >= 0.3 is 0 Å². The first-order valence-corrected chi connectivity index (χ1v) is 8.39. The Kier molecular flexibility index (Phi) is 5.11. The number of amides is 2. The maximum Gasteiger partial charge on any atom is 0.253 e. The van der Waals surface area contributed by atoms with Gasteiger partial charge in [0, 0.05) is 31.4 Å². The molecule has 1 heterocycles. The van der Waals surface area contributed by atoms with Crippen LogP contribution in [0.25, 0.3) is 0 Å². The Labute approximate surface area is 145 Å². The van der Waals surface area contributed by atoms with Gasteiger partial charge < -0.3 is 15.2 Å². The predicted octanol–water partition coefficient (Wildman–Crippen LogP) is 2.44. The molecule has 0 spiro atoms. The molecule has 25 heavy (non-hydrogen) atoms. The molecule has 2 N–H and O–H groups in total. The van der Waals surface area contributed by atoms with Gasteiger partial charge in [0.15, 0.2) is 0 Å². The lowest BCUT2D eigenvalue weighted by Gasteiger charge is -2.12. The number of nitrogens with one attached hydrogen (secondary N) is 2. The second-order valence-corrected chi connectivity index (χ2v) is 6.41. The topological polar surface area (TPSA) is 76.0 Å². The molecular formula is C18H21FN4O2. The smallest absolute Gasteiger partial charge is 0.253 e. The molecule has 1 saturated carbocycles. The second-order valence-electron chi connectivity index (χ2n) is 6.41. The predicted molar refractivity (Wildman–Crippen MR) is 91.5 cm³/mol. The van der Waals surface area contributed by atoms with Gasteiger partial charge in [-0.1, -0.05) is 6.92 Å². The fraction of sp³-hybridized carbons (Fsp3) is 0.389. The lowest BCUT2D eigenvalue weighted by molar-refractivity contribution is -0.117. The largest absolute Gasteiger partial charge is 0.352 e. The summed E-state index contributed by atoms with van der Waals surface area (Å²) in [7, 11) is 0. The van der Waals surface area contributed by atoms with Crippen molar-refractivity contribution in [2.45, 2.75) is 26.3 Å². The highest BCUT2D eigenvalue weighted by atomic mass is 19.1. The van der Waals surface area contributed by atoms with Crippen LogP contribution in [0.3, 0.4) is 0 Å². The van der Waals surface area contributed by atoms with E-state index >= 15 is 0 Å². The summed E-state index contributed by atoms with van der Waals surface area (Å²) in [5.41, 5.74) is 0.488. The Bertz CT molecular complexity index is 760. The first kappa shape index (κ1) is 17.1. The third-order valence-electron chi connectivity index (χ3n) is 4.37. The van der Waals surface area contributed by atoms with Gasteiger partial charge in [-0.25, -0.2) is 9.37 Å². The van der Waals surface area contributed by atoms with Gasteiger partial charge in [0.25, 0.3) is 5.91 Å². The molecule has 2 aromatic rings. The van der Waals surface area contributed by atoms with Gasteiger partial charge in [0.2, 0.25) is 5.91 Å². The molecule has 2 amide bonds. The van der Waals surface area contributed by atoms with Gasteiger partial charge in [-0.2, -0.15) is 0 Å². The number of halogens is 1. The van der Waals surface area contributed by atoms with Crippen molar-refractivity contribution in [3.05, 3.63) is 48.3 Å². The van der Waals surface area contributed by atoms with Crippen LogP contribution >= 0.6 is 0 Å². The number of rotatable bonds is 7. The average Bonchev–Trinajstić information content (AvgIpc) is 3.10. The molecule has 6 nitrogen and oxygen atoms in total. The minimum absolute atomic E-state index is 0.0175. The Balaban J connectivity index is 1.58. The molecule has 2 atom stereocenters. The van der Waals surface area contributed by atoms with Crippen LogP contribution in [0, 0.1) is 17.7 Å². The highest BCUT2D eigenvalue weighted by Crippen LogP contribution is 2.38. The van der Waals surface area contributed by atoms with Crippen LogP contribution in [0.1, 0.15) is 30.1 Å². The van der Waals surface area contributed by atoms with E-state index in [0.29, 0.717) is 18.2 Å². The van der Waals surface area contributed by atoms with Crippen molar-refractivity contribution in [3.8, 4) is 0 Å². The first-order valence-electron chi connectivity index (χ1n) is 8.39. The molecule has 2 unspecified atom stereocenters. The fourth-order valence-electron chi connectivity index (χ4n) is 2.70. The maximum absolute atomic E-state index is 13.5. The fourth-order valence-corrected chi connectivity index (χ4v) is 2.70. The minimum Gasteiger partial charge on any atom is -0.352 e. The average molecular weight is 344 g/mol. The summed E-state index contributed by atoms with van der Waals surface area (Å²) < 4.78 is 15.5.